The number of rotatable bonds is 1. The van der Waals surface area contributed by atoms with Gasteiger partial charge in [0.2, 0.25) is 0 Å². The van der Waals surface area contributed by atoms with Crippen LogP contribution in [0.3, 0.4) is 0 Å². The van der Waals surface area contributed by atoms with Crippen LogP contribution in [0.1, 0.15) is 16.8 Å². The molecule has 0 spiro atoms. The van der Waals surface area contributed by atoms with Crippen LogP contribution in [0.5, 0.6) is 0 Å². The zero-order valence-corrected chi connectivity index (χ0v) is 12.6. The fourth-order valence-corrected chi connectivity index (χ4v) is 2.26. The lowest BCUT2D eigenvalue weighted by Gasteiger charge is -2.18. The van der Waals surface area contributed by atoms with Crippen LogP contribution in [0.15, 0.2) is 29.3 Å². The first-order valence-electron chi connectivity index (χ1n) is 6.26. The van der Waals surface area contributed by atoms with E-state index in [-0.39, 0.29) is 29.1 Å². The van der Waals surface area contributed by atoms with Crippen molar-refractivity contribution >= 4 is 11.6 Å². The molecule has 1 heterocycles. The van der Waals surface area contributed by atoms with Gasteiger partial charge in [0.25, 0.3) is 5.56 Å². The van der Waals surface area contributed by atoms with Gasteiger partial charge in [-0.3, -0.25) is 9.36 Å². The summed E-state index contributed by atoms with van der Waals surface area (Å²) in [6, 6.07) is -0.282. The Morgan fingerprint density at radius 2 is 1.42 bits per heavy atom. The molecule has 0 aliphatic carbocycles. The van der Waals surface area contributed by atoms with Gasteiger partial charge in [0.1, 0.15) is 6.33 Å². The molecule has 0 radical (unpaired) electrons. The van der Waals surface area contributed by atoms with E-state index in [4.69, 9.17) is 11.6 Å². The monoisotopic (exact) mass is 410 g/mol. The molecule has 26 heavy (non-hydrogen) atoms. The molecule has 0 bridgehead atoms. The highest BCUT2D eigenvalue weighted by molar-refractivity contribution is 6.32. The highest BCUT2D eigenvalue weighted by Gasteiger charge is 2.40. The van der Waals surface area contributed by atoms with E-state index < -0.39 is 51.6 Å². The maximum atomic E-state index is 13.1. The van der Waals surface area contributed by atoms with Crippen molar-refractivity contribution in [3.05, 3.63) is 56.7 Å². The van der Waals surface area contributed by atoms with E-state index in [1.165, 1.54) is 0 Å². The predicted molar refractivity (Wildman–Crippen MR) is 69.9 cm³/mol. The Labute approximate surface area is 142 Å². The number of hydrogen-bond acceptors (Lipinski definition) is 2. The zero-order chi connectivity index (χ0) is 20.1. The molecule has 3 nitrogen and oxygen atoms in total. The molecule has 1 aromatic carbocycles. The highest BCUT2D eigenvalue weighted by Crippen LogP contribution is 2.41. The third-order valence-corrected chi connectivity index (χ3v) is 3.33. The second kappa shape index (κ2) is 6.18. The normalized spacial score (nSPS) is 13.2. The first-order valence-corrected chi connectivity index (χ1v) is 6.64. The van der Waals surface area contributed by atoms with E-state index in [9.17, 15) is 44.3 Å². The average molecular weight is 411 g/mol. The second-order valence-corrected chi connectivity index (χ2v) is 5.24. The Balaban J connectivity index is 2.80. The summed E-state index contributed by atoms with van der Waals surface area (Å²) in [6.07, 6.45) is -15.5. The minimum Gasteiger partial charge on any atom is -0.269 e. The second-order valence-electron chi connectivity index (χ2n) is 4.83. The Hall–Kier alpha value is -2.24. The highest BCUT2D eigenvalue weighted by atomic mass is 35.5. The Bertz CT molecular complexity index is 896. The van der Waals surface area contributed by atoms with Crippen LogP contribution in [0, 0.1) is 0 Å². The predicted octanol–water partition coefficient (Wildman–Crippen LogP) is 4.94. The van der Waals surface area contributed by atoms with Gasteiger partial charge in [0, 0.05) is 6.07 Å². The molecule has 0 fully saturated rings. The largest absolute Gasteiger partial charge is 0.433 e. The molecule has 2 aromatic rings. The molecule has 0 N–H and O–H groups in total. The molecule has 142 valence electrons. The summed E-state index contributed by atoms with van der Waals surface area (Å²) in [5.74, 6) is 0. The van der Waals surface area contributed by atoms with Crippen molar-refractivity contribution in [1.29, 1.82) is 0 Å². The van der Waals surface area contributed by atoms with E-state index in [0.29, 0.717) is 0 Å². The van der Waals surface area contributed by atoms with Crippen LogP contribution in [0.2, 0.25) is 5.02 Å². The Morgan fingerprint density at radius 1 is 0.846 bits per heavy atom. The van der Waals surface area contributed by atoms with E-state index in [2.05, 4.69) is 4.98 Å². The van der Waals surface area contributed by atoms with Gasteiger partial charge in [-0.25, -0.2) is 4.98 Å². The molecule has 0 unspecified atom stereocenters. The number of halogens is 10. The molecule has 13 heteroatoms. The summed E-state index contributed by atoms with van der Waals surface area (Å²) in [5, 5.41) is -1.14. The number of aromatic nitrogens is 2. The van der Waals surface area contributed by atoms with Crippen LogP contribution >= 0.6 is 11.6 Å². The molecular weight excluding hydrogens is 407 g/mol. The summed E-state index contributed by atoms with van der Waals surface area (Å²) >= 11 is 5.47. The van der Waals surface area contributed by atoms with E-state index >= 15 is 0 Å². The maximum absolute atomic E-state index is 13.1. The molecular formula is C13H4ClF9N2O. The number of benzene rings is 1. The standard InChI is InChI=1S/C13H4ClF9N2O/c14-7-2-5(11(15,16)17)1-6(12(18,19)20)10(7)25-4-24-8(3-9(25)26)13(21,22)23/h1-4H. The number of hydrogen-bond donors (Lipinski definition) is 0. The third kappa shape index (κ3) is 3.94. The van der Waals surface area contributed by atoms with Crippen LogP contribution in [-0.4, -0.2) is 9.55 Å². The smallest absolute Gasteiger partial charge is 0.269 e. The molecule has 0 saturated heterocycles. The minimum absolute atomic E-state index is 0.0133. The molecule has 2 rings (SSSR count). The van der Waals surface area contributed by atoms with Crippen molar-refractivity contribution in [3.63, 3.8) is 0 Å². The summed E-state index contributed by atoms with van der Waals surface area (Å²) in [7, 11) is 0. The molecule has 0 aliphatic heterocycles. The molecule has 0 aliphatic rings. The first kappa shape index (κ1) is 20.1. The lowest BCUT2D eigenvalue weighted by atomic mass is 10.1. The Kier molecular flexibility index (Phi) is 4.77. The minimum atomic E-state index is -5.39. The van der Waals surface area contributed by atoms with Crippen molar-refractivity contribution in [2.45, 2.75) is 18.5 Å². The van der Waals surface area contributed by atoms with Crippen molar-refractivity contribution in [1.82, 2.24) is 9.55 Å². The quantitative estimate of drug-likeness (QED) is 0.624. The van der Waals surface area contributed by atoms with Crippen LogP contribution in [0.25, 0.3) is 5.69 Å². The fraction of sp³-hybridized carbons (Fsp3) is 0.231. The van der Waals surface area contributed by atoms with Crippen LogP contribution < -0.4 is 5.56 Å². The Morgan fingerprint density at radius 3 is 1.85 bits per heavy atom. The summed E-state index contributed by atoms with van der Waals surface area (Å²) in [4.78, 5) is 14.6. The van der Waals surface area contributed by atoms with Crippen LogP contribution in [0.4, 0.5) is 39.5 Å². The molecule has 1 aromatic heterocycles. The zero-order valence-electron chi connectivity index (χ0n) is 11.9. The van der Waals surface area contributed by atoms with Gasteiger partial charge < -0.3 is 0 Å². The van der Waals surface area contributed by atoms with E-state index in [1.807, 2.05) is 0 Å². The van der Waals surface area contributed by atoms with Gasteiger partial charge in [-0.05, 0) is 12.1 Å². The third-order valence-electron chi connectivity index (χ3n) is 3.04. The first-order chi connectivity index (χ1) is 11.6. The number of alkyl halides is 9. The average Bonchev–Trinajstić information content (AvgIpc) is 2.44. The summed E-state index contributed by atoms with van der Waals surface area (Å²) < 4.78 is 115. The molecule has 0 atom stereocenters. The number of nitrogens with zero attached hydrogens (tertiary/aromatic N) is 2. The summed E-state index contributed by atoms with van der Waals surface area (Å²) in [6.45, 7) is 0. The van der Waals surface area contributed by atoms with Gasteiger partial charge in [-0.2, -0.15) is 39.5 Å². The SMILES string of the molecule is O=c1cc(C(F)(F)F)ncn1-c1c(Cl)cc(C(F)(F)F)cc1C(F)(F)F. The van der Waals surface area contributed by atoms with Crippen LogP contribution in [-0.2, 0) is 18.5 Å². The molecule has 0 saturated carbocycles. The fourth-order valence-electron chi connectivity index (χ4n) is 1.95. The van der Waals surface area contributed by atoms with Crippen molar-refractivity contribution in [2.24, 2.45) is 0 Å². The van der Waals surface area contributed by atoms with E-state index in [1.54, 1.807) is 0 Å². The topological polar surface area (TPSA) is 34.9 Å². The summed E-state index contributed by atoms with van der Waals surface area (Å²) in [5.41, 5.74) is -8.26. The van der Waals surface area contributed by atoms with Gasteiger partial charge in [-0.1, -0.05) is 11.6 Å². The van der Waals surface area contributed by atoms with Gasteiger partial charge in [0.05, 0.1) is 21.8 Å². The van der Waals surface area contributed by atoms with Crippen molar-refractivity contribution in [2.75, 3.05) is 0 Å². The molecule has 0 amide bonds. The van der Waals surface area contributed by atoms with Gasteiger partial charge >= 0.3 is 18.5 Å². The van der Waals surface area contributed by atoms with Crippen molar-refractivity contribution in [3.8, 4) is 5.69 Å². The maximum Gasteiger partial charge on any atom is 0.433 e. The van der Waals surface area contributed by atoms with E-state index in [0.717, 1.165) is 0 Å². The lowest BCUT2D eigenvalue weighted by Crippen LogP contribution is -2.25. The lowest BCUT2D eigenvalue weighted by molar-refractivity contribution is -0.143. The van der Waals surface area contributed by atoms with Crippen molar-refractivity contribution < 1.29 is 39.5 Å². The van der Waals surface area contributed by atoms with Gasteiger partial charge in [-0.15, -0.1) is 0 Å². The van der Waals surface area contributed by atoms with Gasteiger partial charge in [0.15, 0.2) is 5.69 Å².